The Balaban J connectivity index is 3.41. The molecule has 22 heavy (non-hydrogen) atoms. The lowest BCUT2D eigenvalue weighted by molar-refractivity contribution is 0.0266. The molecule has 1 aromatic rings. The monoisotopic (exact) mass is 305 g/mol. The largest absolute Gasteiger partial charge is 0.397 e. The van der Waals surface area contributed by atoms with Crippen LogP contribution >= 0.6 is 0 Å². The number of carbonyl (C=O) groups is 1. The van der Waals surface area contributed by atoms with Crippen molar-refractivity contribution < 1.29 is 4.79 Å². The number of rotatable bonds is 2. The van der Waals surface area contributed by atoms with E-state index in [0.29, 0.717) is 17.3 Å². The van der Waals surface area contributed by atoms with E-state index in [-0.39, 0.29) is 17.0 Å². The van der Waals surface area contributed by atoms with Gasteiger partial charge < -0.3 is 10.6 Å². The van der Waals surface area contributed by atoms with E-state index in [9.17, 15) is 4.79 Å². The molecule has 0 radical (unpaired) electrons. The van der Waals surface area contributed by atoms with Crippen molar-refractivity contribution in [3.8, 4) is 0 Å². The van der Waals surface area contributed by atoms with E-state index >= 15 is 0 Å². The molecule has 4 nitrogen and oxygen atoms in total. The Morgan fingerprint density at radius 2 is 1.59 bits per heavy atom. The molecule has 0 aromatic carbocycles. The molecule has 0 bridgehead atoms. The first-order chi connectivity index (χ1) is 9.76. The Hall–Kier alpha value is -1.58. The molecule has 124 valence electrons. The lowest BCUT2D eigenvalue weighted by Crippen LogP contribution is -2.56. The number of amides is 1. The first-order valence-corrected chi connectivity index (χ1v) is 7.88. The van der Waals surface area contributed by atoms with Crippen molar-refractivity contribution in [1.82, 2.24) is 9.88 Å². The van der Waals surface area contributed by atoms with Crippen LogP contribution in [0.1, 0.15) is 83.1 Å². The Morgan fingerprint density at radius 1 is 1.14 bits per heavy atom. The minimum Gasteiger partial charge on any atom is -0.397 e. The van der Waals surface area contributed by atoms with Gasteiger partial charge in [0.1, 0.15) is 0 Å². The molecule has 0 unspecified atom stereocenters. The highest BCUT2D eigenvalue weighted by Gasteiger charge is 2.37. The van der Waals surface area contributed by atoms with Crippen LogP contribution in [0.25, 0.3) is 0 Å². The predicted octanol–water partition coefficient (Wildman–Crippen LogP) is 4.13. The zero-order valence-electron chi connectivity index (χ0n) is 15.5. The van der Waals surface area contributed by atoms with Crippen molar-refractivity contribution in [2.24, 2.45) is 0 Å². The van der Waals surface area contributed by atoms with Crippen molar-refractivity contribution >= 4 is 11.6 Å². The van der Waals surface area contributed by atoms with Gasteiger partial charge in [-0.1, -0.05) is 13.8 Å². The maximum atomic E-state index is 13.1. The fraction of sp³-hybridized carbons (Fsp3) is 0.667. The number of hydrogen-bond donors (Lipinski definition) is 1. The first kappa shape index (κ1) is 18.5. The number of hydrogen-bond acceptors (Lipinski definition) is 3. The van der Waals surface area contributed by atoms with Crippen LogP contribution in [0.15, 0.2) is 6.07 Å². The van der Waals surface area contributed by atoms with Gasteiger partial charge in [-0.2, -0.15) is 0 Å². The van der Waals surface area contributed by atoms with Crippen molar-refractivity contribution in [1.29, 1.82) is 0 Å². The zero-order chi connectivity index (χ0) is 17.5. The summed E-state index contributed by atoms with van der Waals surface area (Å²) in [5.74, 6) is 0.219. The summed E-state index contributed by atoms with van der Waals surface area (Å²) in [7, 11) is 0. The van der Waals surface area contributed by atoms with Crippen molar-refractivity contribution in [2.45, 2.75) is 79.3 Å². The number of nitrogens with zero attached hydrogens (tertiary/aromatic N) is 2. The number of aromatic nitrogens is 1. The fourth-order valence-electron chi connectivity index (χ4n) is 3.11. The molecule has 1 amide bonds. The Bertz CT molecular complexity index is 549. The molecule has 4 heteroatoms. The minimum absolute atomic E-state index is 0.115. The number of aryl methyl sites for hydroxylation is 1. The van der Waals surface area contributed by atoms with Gasteiger partial charge in [-0.25, -0.2) is 4.98 Å². The Kier molecular flexibility index (Phi) is 4.95. The summed E-state index contributed by atoms with van der Waals surface area (Å²) >= 11 is 0. The van der Waals surface area contributed by atoms with E-state index in [2.05, 4.69) is 18.8 Å². The van der Waals surface area contributed by atoms with Crippen molar-refractivity contribution in [2.75, 3.05) is 5.73 Å². The molecule has 0 aliphatic carbocycles. The number of anilines is 1. The topological polar surface area (TPSA) is 59.2 Å². The van der Waals surface area contributed by atoms with Crippen LogP contribution in [-0.2, 0) is 0 Å². The third-order valence-electron chi connectivity index (χ3n) is 3.65. The van der Waals surface area contributed by atoms with Crippen LogP contribution in [0.4, 0.5) is 5.69 Å². The molecular weight excluding hydrogens is 274 g/mol. The zero-order valence-corrected chi connectivity index (χ0v) is 15.5. The van der Waals surface area contributed by atoms with E-state index in [1.807, 2.05) is 59.4 Å². The standard InChI is InChI=1S/C18H31N3O/c1-11(2)13-10-14(19)15(20-12(13)3)16(22)21(17(4,5)6)18(7,8)9/h10-11H,19H2,1-9H3. The van der Waals surface area contributed by atoms with Crippen LogP contribution in [0.5, 0.6) is 0 Å². The van der Waals surface area contributed by atoms with Gasteiger partial charge >= 0.3 is 0 Å². The second-order valence-electron chi connectivity index (χ2n) is 8.24. The quantitative estimate of drug-likeness (QED) is 0.893. The molecular formula is C18H31N3O. The molecule has 0 saturated heterocycles. The van der Waals surface area contributed by atoms with Crippen LogP contribution < -0.4 is 5.73 Å². The van der Waals surface area contributed by atoms with E-state index in [0.717, 1.165) is 11.3 Å². The van der Waals surface area contributed by atoms with E-state index in [1.165, 1.54) is 0 Å². The lowest BCUT2D eigenvalue weighted by atomic mass is 9.94. The molecule has 1 aromatic heterocycles. The molecule has 0 aliphatic rings. The Labute approximate surface area is 135 Å². The second-order valence-corrected chi connectivity index (χ2v) is 8.24. The molecule has 1 heterocycles. The van der Waals surface area contributed by atoms with Gasteiger partial charge in [0.2, 0.25) is 0 Å². The molecule has 0 saturated carbocycles. The summed E-state index contributed by atoms with van der Waals surface area (Å²) in [6, 6.07) is 1.89. The van der Waals surface area contributed by atoms with Gasteiger partial charge in [0.15, 0.2) is 5.69 Å². The second kappa shape index (κ2) is 5.90. The Morgan fingerprint density at radius 3 is 1.95 bits per heavy atom. The average Bonchev–Trinajstić information content (AvgIpc) is 2.27. The number of nitrogens with two attached hydrogens (primary N) is 1. The summed E-state index contributed by atoms with van der Waals surface area (Å²) in [5, 5.41) is 0. The summed E-state index contributed by atoms with van der Waals surface area (Å²) < 4.78 is 0. The fourth-order valence-corrected chi connectivity index (χ4v) is 3.11. The molecule has 1 rings (SSSR count). The minimum atomic E-state index is -0.311. The third kappa shape index (κ3) is 3.79. The van der Waals surface area contributed by atoms with Gasteiger partial charge in [-0.3, -0.25) is 4.79 Å². The van der Waals surface area contributed by atoms with Gasteiger partial charge in [0.25, 0.3) is 5.91 Å². The highest BCUT2D eigenvalue weighted by atomic mass is 16.2. The smallest absolute Gasteiger partial charge is 0.275 e. The summed E-state index contributed by atoms with van der Waals surface area (Å²) in [6.07, 6.45) is 0. The van der Waals surface area contributed by atoms with Crippen LogP contribution in [0, 0.1) is 6.92 Å². The summed E-state index contributed by atoms with van der Waals surface area (Å²) in [6.45, 7) is 18.3. The van der Waals surface area contributed by atoms with Crippen molar-refractivity contribution in [3.05, 3.63) is 23.0 Å². The molecule has 2 N–H and O–H groups in total. The van der Waals surface area contributed by atoms with Crippen LogP contribution in [-0.4, -0.2) is 26.9 Å². The average molecular weight is 305 g/mol. The maximum Gasteiger partial charge on any atom is 0.275 e. The molecule has 0 atom stereocenters. The highest BCUT2D eigenvalue weighted by Crippen LogP contribution is 2.29. The van der Waals surface area contributed by atoms with Gasteiger partial charge in [-0.15, -0.1) is 0 Å². The number of pyridine rings is 1. The normalized spacial score (nSPS) is 12.6. The molecule has 0 fully saturated rings. The predicted molar refractivity (Wildman–Crippen MR) is 93.2 cm³/mol. The van der Waals surface area contributed by atoms with E-state index < -0.39 is 0 Å². The summed E-state index contributed by atoms with van der Waals surface area (Å²) in [4.78, 5) is 19.5. The van der Waals surface area contributed by atoms with Crippen molar-refractivity contribution in [3.63, 3.8) is 0 Å². The third-order valence-corrected chi connectivity index (χ3v) is 3.65. The molecule has 0 spiro atoms. The molecule has 0 aliphatic heterocycles. The van der Waals surface area contributed by atoms with Crippen LogP contribution in [0.3, 0.4) is 0 Å². The number of carbonyl (C=O) groups excluding carboxylic acids is 1. The number of nitrogen functional groups attached to an aromatic ring is 1. The van der Waals surface area contributed by atoms with Gasteiger partial charge in [0, 0.05) is 16.8 Å². The lowest BCUT2D eigenvalue weighted by Gasteiger charge is -2.45. The van der Waals surface area contributed by atoms with E-state index in [4.69, 9.17) is 5.73 Å². The van der Waals surface area contributed by atoms with Gasteiger partial charge in [-0.05, 0) is 66.0 Å². The first-order valence-electron chi connectivity index (χ1n) is 7.88. The highest BCUT2D eigenvalue weighted by molar-refractivity contribution is 5.98. The SMILES string of the molecule is Cc1nc(C(=O)N(C(C)(C)C)C(C)(C)C)c(N)cc1C(C)C. The van der Waals surface area contributed by atoms with Crippen LogP contribution in [0.2, 0.25) is 0 Å². The maximum absolute atomic E-state index is 13.1. The summed E-state index contributed by atoms with van der Waals surface area (Å²) in [5.41, 5.74) is 8.29. The van der Waals surface area contributed by atoms with E-state index in [1.54, 1.807) is 0 Å². The van der Waals surface area contributed by atoms with Gasteiger partial charge in [0.05, 0.1) is 5.69 Å².